The molecule has 13 heteroatoms. The Morgan fingerprint density at radius 3 is 2.62 bits per heavy atom. The highest BCUT2D eigenvalue weighted by molar-refractivity contribution is 5.86. The van der Waals surface area contributed by atoms with E-state index in [4.69, 9.17) is 0 Å². The first-order valence-corrected chi connectivity index (χ1v) is 12.1. The van der Waals surface area contributed by atoms with E-state index in [2.05, 4.69) is 20.5 Å². The third kappa shape index (κ3) is 5.11. The zero-order valence-corrected chi connectivity index (χ0v) is 20.9. The van der Waals surface area contributed by atoms with Crippen LogP contribution < -0.4 is 16.4 Å². The van der Waals surface area contributed by atoms with Crippen LogP contribution in [0.2, 0.25) is 0 Å². The standard InChI is InChI=1S/C26H23F4N7O2/c1-15(32-20-14-31-35(2)25(39)22(20)26(28,29)30)6-5-9-36-11-8-16-12-18(19(27)13-17(16)24(36)38)23-33-21-7-3-4-10-37(21)34-23/h3-4,7-8,10-15,32H,5-6,9H2,1-2H3/t15-/m0/s1. The molecule has 0 bridgehead atoms. The number of hydrogen-bond acceptors (Lipinski definition) is 6. The number of aryl methyl sites for hydroxylation is 2. The Balaban J connectivity index is 1.31. The van der Waals surface area contributed by atoms with Crippen LogP contribution in [-0.4, -0.2) is 35.0 Å². The number of nitrogens with one attached hydrogen (secondary N) is 1. The Morgan fingerprint density at radius 1 is 1.08 bits per heavy atom. The number of nitrogens with zero attached hydrogens (tertiary/aromatic N) is 6. The largest absolute Gasteiger partial charge is 0.423 e. The van der Waals surface area contributed by atoms with Crippen molar-refractivity contribution < 1.29 is 17.6 Å². The molecule has 1 aromatic carbocycles. The lowest BCUT2D eigenvalue weighted by Gasteiger charge is -2.19. The Bertz CT molecular complexity index is 1770. The van der Waals surface area contributed by atoms with E-state index in [0.717, 1.165) is 13.2 Å². The fraction of sp³-hybridized carbons (Fsp3) is 0.269. The first-order valence-electron chi connectivity index (χ1n) is 12.1. The summed E-state index contributed by atoms with van der Waals surface area (Å²) in [6.07, 6.45) is 0.254. The average molecular weight is 542 g/mol. The normalized spacial score (nSPS) is 12.8. The maximum Gasteiger partial charge on any atom is 0.423 e. The van der Waals surface area contributed by atoms with Gasteiger partial charge in [-0.3, -0.25) is 9.59 Å². The average Bonchev–Trinajstić information content (AvgIpc) is 3.31. The second-order valence-corrected chi connectivity index (χ2v) is 9.22. The second kappa shape index (κ2) is 9.97. The second-order valence-electron chi connectivity index (χ2n) is 9.22. The molecule has 0 amide bonds. The van der Waals surface area contributed by atoms with Gasteiger partial charge in [-0.2, -0.15) is 18.3 Å². The van der Waals surface area contributed by atoms with Crippen molar-refractivity contribution in [3.63, 3.8) is 0 Å². The number of hydrogen-bond donors (Lipinski definition) is 1. The molecule has 0 aliphatic rings. The van der Waals surface area contributed by atoms with Gasteiger partial charge < -0.3 is 9.88 Å². The molecule has 202 valence electrons. The van der Waals surface area contributed by atoms with E-state index in [1.165, 1.54) is 21.2 Å². The number of alkyl halides is 3. The quantitative estimate of drug-likeness (QED) is 0.310. The predicted octanol–water partition coefficient (Wildman–Crippen LogP) is 4.24. The summed E-state index contributed by atoms with van der Waals surface area (Å²) in [6, 6.07) is 9.27. The molecule has 5 rings (SSSR count). The molecule has 5 aromatic rings. The molecule has 0 radical (unpaired) electrons. The van der Waals surface area contributed by atoms with Gasteiger partial charge in [0.1, 0.15) is 11.4 Å². The number of rotatable bonds is 7. The van der Waals surface area contributed by atoms with Gasteiger partial charge in [-0.15, -0.1) is 5.10 Å². The van der Waals surface area contributed by atoms with Crippen molar-refractivity contribution in [3.8, 4) is 11.4 Å². The van der Waals surface area contributed by atoms with E-state index < -0.39 is 40.4 Å². The fourth-order valence-electron chi connectivity index (χ4n) is 4.43. The van der Waals surface area contributed by atoms with Gasteiger partial charge in [0.25, 0.3) is 11.1 Å². The summed E-state index contributed by atoms with van der Waals surface area (Å²) in [5.74, 6) is -0.430. The van der Waals surface area contributed by atoms with E-state index in [1.54, 1.807) is 43.6 Å². The lowest BCUT2D eigenvalue weighted by Crippen LogP contribution is -2.31. The highest BCUT2D eigenvalue weighted by Gasteiger charge is 2.38. The molecule has 0 saturated heterocycles. The van der Waals surface area contributed by atoms with Gasteiger partial charge in [-0.05, 0) is 55.5 Å². The van der Waals surface area contributed by atoms with Crippen molar-refractivity contribution in [3.05, 3.63) is 87.1 Å². The topological polar surface area (TPSA) is 99.1 Å². The maximum atomic E-state index is 15.0. The third-order valence-electron chi connectivity index (χ3n) is 6.41. The molecule has 0 unspecified atom stereocenters. The molecular weight excluding hydrogens is 518 g/mol. The molecular formula is C26H23F4N7O2. The Kier molecular flexibility index (Phi) is 6.66. The summed E-state index contributed by atoms with van der Waals surface area (Å²) in [7, 11) is 1.15. The van der Waals surface area contributed by atoms with Gasteiger partial charge in [0, 0.05) is 32.0 Å². The molecule has 4 heterocycles. The molecule has 0 spiro atoms. The van der Waals surface area contributed by atoms with E-state index in [-0.39, 0.29) is 23.3 Å². The summed E-state index contributed by atoms with van der Waals surface area (Å²) >= 11 is 0. The van der Waals surface area contributed by atoms with Gasteiger partial charge in [0.05, 0.1) is 22.8 Å². The van der Waals surface area contributed by atoms with Crippen molar-refractivity contribution >= 4 is 22.1 Å². The lowest BCUT2D eigenvalue weighted by atomic mass is 10.1. The smallest absolute Gasteiger partial charge is 0.381 e. The minimum atomic E-state index is -4.84. The van der Waals surface area contributed by atoms with Crippen LogP contribution in [-0.2, 0) is 19.8 Å². The van der Waals surface area contributed by atoms with E-state index >= 15 is 4.39 Å². The number of pyridine rings is 2. The molecule has 39 heavy (non-hydrogen) atoms. The monoisotopic (exact) mass is 541 g/mol. The maximum absolute atomic E-state index is 15.0. The third-order valence-corrected chi connectivity index (χ3v) is 6.41. The van der Waals surface area contributed by atoms with Crippen LogP contribution in [0.3, 0.4) is 0 Å². The SMILES string of the molecule is C[C@@H](CCCn1ccc2cc(-c3nc4ccccn4n3)c(F)cc2c1=O)Nc1cnn(C)c(=O)c1C(F)(F)F. The van der Waals surface area contributed by atoms with E-state index in [1.807, 2.05) is 0 Å². The molecule has 9 nitrogen and oxygen atoms in total. The van der Waals surface area contributed by atoms with Crippen molar-refractivity contribution in [2.45, 2.75) is 38.5 Å². The predicted molar refractivity (Wildman–Crippen MR) is 137 cm³/mol. The Labute approximate surface area is 218 Å². The summed E-state index contributed by atoms with van der Waals surface area (Å²) in [6.45, 7) is 1.93. The van der Waals surface area contributed by atoms with Crippen molar-refractivity contribution in [2.75, 3.05) is 5.32 Å². The highest BCUT2D eigenvalue weighted by atomic mass is 19.4. The fourth-order valence-corrected chi connectivity index (χ4v) is 4.43. The van der Waals surface area contributed by atoms with Crippen molar-refractivity contribution in [1.29, 1.82) is 0 Å². The van der Waals surface area contributed by atoms with Crippen LogP contribution >= 0.6 is 0 Å². The first kappa shape index (κ1) is 26.1. The van der Waals surface area contributed by atoms with Crippen molar-refractivity contribution in [1.82, 2.24) is 28.9 Å². The summed E-state index contributed by atoms with van der Waals surface area (Å²) < 4.78 is 58.9. The minimum absolute atomic E-state index is 0.173. The zero-order chi connectivity index (χ0) is 27.9. The van der Waals surface area contributed by atoms with Crippen LogP contribution in [0, 0.1) is 5.82 Å². The number of halogens is 4. The number of benzene rings is 1. The molecule has 1 N–H and O–H groups in total. The molecule has 1 atom stereocenters. The van der Waals surface area contributed by atoms with Crippen LogP contribution in [0.5, 0.6) is 0 Å². The van der Waals surface area contributed by atoms with Crippen LogP contribution in [0.25, 0.3) is 27.8 Å². The van der Waals surface area contributed by atoms with Gasteiger partial charge in [-0.1, -0.05) is 6.07 Å². The summed E-state index contributed by atoms with van der Waals surface area (Å²) in [4.78, 5) is 29.4. The number of fused-ring (bicyclic) bond motifs is 2. The molecule has 0 saturated carbocycles. The first-order chi connectivity index (χ1) is 18.5. The minimum Gasteiger partial charge on any atom is -0.381 e. The van der Waals surface area contributed by atoms with Crippen LogP contribution in [0.4, 0.5) is 23.2 Å². The molecule has 0 aliphatic heterocycles. The van der Waals surface area contributed by atoms with Crippen LogP contribution in [0.1, 0.15) is 25.3 Å². The lowest BCUT2D eigenvalue weighted by molar-refractivity contribution is -0.138. The Hall–Kier alpha value is -4.55. The summed E-state index contributed by atoms with van der Waals surface area (Å²) in [5.41, 5.74) is -2.60. The van der Waals surface area contributed by atoms with E-state index in [0.29, 0.717) is 28.6 Å². The molecule has 4 aromatic heterocycles. The van der Waals surface area contributed by atoms with Gasteiger partial charge in [0.2, 0.25) is 0 Å². The summed E-state index contributed by atoms with van der Waals surface area (Å²) in [5, 5.41) is 11.4. The van der Waals surface area contributed by atoms with Crippen LogP contribution in [0.15, 0.2) is 64.6 Å². The zero-order valence-electron chi connectivity index (χ0n) is 20.9. The molecule has 0 fully saturated rings. The van der Waals surface area contributed by atoms with Gasteiger partial charge in [0.15, 0.2) is 11.5 Å². The highest BCUT2D eigenvalue weighted by Crippen LogP contribution is 2.32. The van der Waals surface area contributed by atoms with E-state index in [9.17, 15) is 22.8 Å². The van der Waals surface area contributed by atoms with Crippen molar-refractivity contribution in [2.24, 2.45) is 7.05 Å². The van der Waals surface area contributed by atoms with Gasteiger partial charge >= 0.3 is 6.18 Å². The van der Waals surface area contributed by atoms with Gasteiger partial charge in [-0.25, -0.2) is 18.6 Å². The number of anilines is 1. The molecule has 0 aliphatic carbocycles. The number of aromatic nitrogens is 6. The Morgan fingerprint density at radius 2 is 1.87 bits per heavy atom.